The summed E-state index contributed by atoms with van der Waals surface area (Å²) in [5.41, 5.74) is 2.01. The van der Waals surface area contributed by atoms with E-state index in [1.807, 2.05) is 0 Å². The van der Waals surface area contributed by atoms with E-state index in [1.54, 1.807) is 19.1 Å². The highest BCUT2D eigenvalue weighted by Gasteiger charge is 2.29. The van der Waals surface area contributed by atoms with Crippen molar-refractivity contribution in [3.63, 3.8) is 0 Å². The Bertz CT molecular complexity index is 816. The molecule has 2 aromatic rings. The molecule has 22 heavy (non-hydrogen) atoms. The van der Waals surface area contributed by atoms with Crippen molar-refractivity contribution >= 4 is 28.4 Å². The number of nitrogens with zero attached hydrogens (tertiary/aromatic N) is 2. The second-order valence-corrected chi connectivity index (χ2v) is 5.30. The minimum Gasteiger partial charge on any atom is -0.296 e. The first kappa shape index (κ1) is 14.1. The number of nitro groups is 1. The summed E-state index contributed by atoms with van der Waals surface area (Å²) < 4.78 is 0. The van der Waals surface area contributed by atoms with Crippen LogP contribution >= 0.6 is 0 Å². The quantitative estimate of drug-likeness (QED) is 0.519. The second kappa shape index (κ2) is 5.18. The van der Waals surface area contributed by atoms with Crippen LogP contribution in [0.25, 0.3) is 10.9 Å². The predicted octanol–water partition coefficient (Wildman–Crippen LogP) is 1.97. The van der Waals surface area contributed by atoms with Gasteiger partial charge in [-0.25, -0.2) is 0 Å². The standard InChI is InChI=1S/C15H13N3O4/c1-8-12(11-3-5-14(19)17-15(11)20)7-9-6-10(18(21)22)2-4-13(9)16-8/h2,4,6-7,11H,3,5H2,1H3,(H,17,19,20). The van der Waals surface area contributed by atoms with E-state index in [9.17, 15) is 19.7 Å². The number of non-ortho nitro benzene ring substituents is 1. The van der Waals surface area contributed by atoms with Gasteiger partial charge in [-0.05, 0) is 31.0 Å². The zero-order valence-corrected chi connectivity index (χ0v) is 11.8. The van der Waals surface area contributed by atoms with Gasteiger partial charge in [-0.1, -0.05) is 0 Å². The number of pyridine rings is 1. The van der Waals surface area contributed by atoms with Crippen molar-refractivity contribution in [2.45, 2.75) is 25.7 Å². The number of amides is 2. The molecular formula is C15H13N3O4. The van der Waals surface area contributed by atoms with Crippen LogP contribution in [0.4, 0.5) is 5.69 Å². The molecule has 1 N–H and O–H groups in total. The van der Waals surface area contributed by atoms with Crippen LogP contribution in [0.1, 0.15) is 30.0 Å². The summed E-state index contributed by atoms with van der Waals surface area (Å²) in [5, 5.41) is 13.8. The lowest BCUT2D eigenvalue weighted by Gasteiger charge is -2.22. The smallest absolute Gasteiger partial charge is 0.270 e. The number of carbonyl (C=O) groups is 2. The number of carbonyl (C=O) groups excluding carboxylic acids is 2. The Kier molecular flexibility index (Phi) is 3.32. The zero-order chi connectivity index (χ0) is 15.9. The van der Waals surface area contributed by atoms with E-state index in [-0.39, 0.29) is 23.9 Å². The summed E-state index contributed by atoms with van der Waals surface area (Å²) in [7, 11) is 0. The molecule has 1 aliphatic heterocycles. The summed E-state index contributed by atoms with van der Waals surface area (Å²) in [6.07, 6.45) is 0.705. The number of fused-ring (bicyclic) bond motifs is 1. The van der Waals surface area contributed by atoms with E-state index >= 15 is 0 Å². The highest BCUT2D eigenvalue weighted by molar-refractivity contribution is 6.01. The third-order valence-electron chi connectivity index (χ3n) is 3.85. The van der Waals surface area contributed by atoms with Gasteiger partial charge < -0.3 is 0 Å². The maximum atomic E-state index is 12.0. The van der Waals surface area contributed by atoms with Gasteiger partial charge in [0.1, 0.15) is 0 Å². The number of rotatable bonds is 2. The molecule has 0 radical (unpaired) electrons. The van der Waals surface area contributed by atoms with Gasteiger partial charge in [0.2, 0.25) is 11.8 Å². The van der Waals surface area contributed by atoms with Crippen LogP contribution in [0.5, 0.6) is 0 Å². The van der Waals surface area contributed by atoms with Crippen LogP contribution in [-0.4, -0.2) is 21.7 Å². The van der Waals surface area contributed by atoms with E-state index in [1.165, 1.54) is 12.1 Å². The molecule has 0 bridgehead atoms. The van der Waals surface area contributed by atoms with Gasteiger partial charge in [-0.15, -0.1) is 0 Å². The van der Waals surface area contributed by atoms with Gasteiger partial charge in [0.25, 0.3) is 5.69 Å². The molecule has 112 valence electrons. The van der Waals surface area contributed by atoms with E-state index in [4.69, 9.17) is 0 Å². The average molecular weight is 299 g/mol. The first-order valence-electron chi connectivity index (χ1n) is 6.85. The normalized spacial score (nSPS) is 18.3. The number of aryl methyl sites for hydroxylation is 1. The van der Waals surface area contributed by atoms with Crippen molar-refractivity contribution in [1.29, 1.82) is 0 Å². The fourth-order valence-corrected chi connectivity index (χ4v) is 2.73. The number of nitro benzene ring substituents is 1. The van der Waals surface area contributed by atoms with Crippen LogP contribution in [-0.2, 0) is 9.59 Å². The monoisotopic (exact) mass is 299 g/mol. The molecule has 1 atom stereocenters. The molecule has 0 aliphatic carbocycles. The Morgan fingerprint density at radius 2 is 2.09 bits per heavy atom. The second-order valence-electron chi connectivity index (χ2n) is 5.30. The maximum Gasteiger partial charge on any atom is 0.270 e. The Balaban J connectivity index is 2.09. The summed E-state index contributed by atoms with van der Waals surface area (Å²) >= 11 is 0. The van der Waals surface area contributed by atoms with E-state index in [0.717, 1.165) is 0 Å². The minimum atomic E-state index is -0.467. The predicted molar refractivity (Wildman–Crippen MR) is 78.3 cm³/mol. The van der Waals surface area contributed by atoms with Gasteiger partial charge >= 0.3 is 0 Å². The third-order valence-corrected chi connectivity index (χ3v) is 3.85. The van der Waals surface area contributed by atoms with Crippen LogP contribution in [0.15, 0.2) is 24.3 Å². The lowest BCUT2D eigenvalue weighted by atomic mass is 9.89. The van der Waals surface area contributed by atoms with Crippen LogP contribution in [0.3, 0.4) is 0 Å². The Morgan fingerprint density at radius 1 is 1.32 bits per heavy atom. The van der Waals surface area contributed by atoms with Crippen LogP contribution in [0.2, 0.25) is 0 Å². The molecule has 1 unspecified atom stereocenters. The largest absolute Gasteiger partial charge is 0.296 e. The molecule has 7 heteroatoms. The number of nitrogens with one attached hydrogen (secondary N) is 1. The molecule has 7 nitrogen and oxygen atoms in total. The lowest BCUT2D eigenvalue weighted by Crippen LogP contribution is -2.39. The average Bonchev–Trinajstić information content (AvgIpc) is 2.46. The third kappa shape index (κ3) is 2.41. The van der Waals surface area contributed by atoms with Crippen LogP contribution in [0, 0.1) is 17.0 Å². The number of piperidine rings is 1. The molecule has 1 aliphatic rings. The van der Waals surface area contributed by atoms with Crippen molar-refractivity contribution in [2.24, 2.45) is 0 Å². The summed E-state index contributed by atoms with van der Waals surface area (Å²) in [6.45, 7) is 1.79. The molecule has 1 fully saturated rings. The topological polar surface area (TPSA) is 102 Å². The SMILES string of the molecule is Cc1nc2ccc([N+](=O)[O-])cc2cc1C1CCC(=O)NC1=O. The van der Waals surface area contributed by atoms with E-state index in [2.05, 4.69) is 10.3 Å². The van der Waals surface area contributed by atoms with Crippen molar-refractivity contribution in [3.8, 4) is 0 Å². The first-order chi connectivity index (χ1) is 10.5. The highest BCUT2D eigenvalue weighted by Crippen LogP contribution is 2.30. The van der Waals surface area contributed by atoms with Gasteiger partial charge in [-0.3, -0.25) is 30.0 Å². The summed E-state index contributed by atoms with van der Waals surface area (Å²) in [6, 6.07) is 6.19. The van der Waals surface area contributed by atoms with Crippen molar-refractivity contribution in [2.75, 3.05) is 0 Å². The summed E-state index contributed by atoms with van der Waals surface area (Å²) in [5.74, 6) is -1.07. The molecule has 2 heterocycles. The summed E-state index contributed by atoms with van der Waals surface area (Å²) in [4.78, 5) is 38.1. The first-order valence-corrected chi connectivity index (χ1v) is 6.85. The molecule has 1 saturated heterocycles. The Labute approximate surface area is 125 Å². The molecule has 1 aromatic carbocycles. The number of imide groups is 1. The van der Waals surface area contributed by atoms with Gasteiger partial charge in [0.05, 0.1) is 16.4 Å². The van der Waals surface area contributed by atoms with Crippen molar-refractivity contribution < 1.29 is 14.5 Å². The molecule has 0 saturated carbocycles. The van der Waals surface area contributed by atoms with Crippen molar-refractivity contribution in [1.82, 2.24) is 10.3 Å². The number of hydrogen-bond acceptors (Lipinski definition) is 5. The van der Waals surface area contributed by atoms with E-state index in [0.29, 0.717) is 28.6 Å². The molecule has 3 rings (SSSR count). The van der Waals surface area contributed by atoms with Gasteiger partial charge in [0.15, 0.2) is 0 Å². The Morgan fingerprint density at radius 3 is 2.77 bits per heavy atom. The highest BCUT2D eigenvalue weighted by atomic mass is 16.6. The maximum absolute atomic E-state index is 12.0. The lowest BCUT2D eigenvalue weighted by molar-refractivity contribution is -0.384. The number of aromatic nitrogens is 1. The number of benzene rings is 1. The fourth-order valence-electron chi connectivity index (χ4n) is 2.73. The molecule has 2 amide bonds. The minimum absolute atomic E-state index is 0.0209. The van der Waals surface area contributed by atoms with Crippen molar-refractivity contribution in [3.05, 3.63) is 45.6 Å². The van der Waals surface area contributed by atoms with E-state index < -0.39 is 10.8 Å². The molecule has 1 aromatic heterocycles. The molecular weight excluding hydrogens is 286 g/mol. The van der Waals surface area contributed by atoms with Crippen LogP contribution < -0.4 is 5.32 Å². The molecule has 0 spiro atoms. The number of hydrogen-bond donors (Lipinski definition) is 1. The Hall–Kier alpha value is -2.83. The van der Waals surface area contributed by atoms with Gasteiger partial charge in [0, 0.05) is 29.6 Å². The fraction of sp³-hybridized carbons (Fsp3) is 0.267. The van der Waals surface area contributed by atoms with Gasteiger partial charge in [-0.2, -0.15) is 0 Å². The zero-order valence-electron chi connectivity index (χ0n) is 11.8.